The number of para-hydroxylation sites is 1. The second kappa shape index (κ2) is 29.7. The molecule has 7 atom stereocenters. The van der Waals surface area contributed by atoms with Crippen molar-refractivity contribution in [3.63, 3.8) is 0 Å². The van der Waals surface area contributed by atoms with E-state index in [1.165, 1.54) is 6.08 Å². The largest absolute Gasteiger partial charge is 0.507 e. The number of hydrogen-bond donors (Lipinski definition) is 1. The Morgan fingerprint density at radius 2 is 1.02 bits per heavy atom. The number of Topliss-reactive ketones (excluding diaryl/α,β-unsaturated/α-hetero) is 3. The summed E-state index contributed by atoms with van der Waals surface area (Å²) in [6, 6.07) is 40.9. The van der Waals surface area contributed by atoms with Crippen molar-refractivity contribution in [1.29, 1.82) is 0 Å². The van der Waals surface area contributed by atoms with E-state index >= 15 is 9.59 Å². The first-order valence-corrected chi connectivity index (χ1v) is 41.2. The molecule has 1 N–H and O–H groups in total. The maximum absolute atomic E-state index is 15.2. The number of fused-ring (bicyclic) bond motifs is 6. The molecule has 0 saturated heterocycles. The Bertz CT molecular complexity index is 4600. The number of ether oxygens (including phenoxy) is 4. The minimum absolute atomic E-state index is 0.0417. The molecule has 546 valence electrons. The molecule has 0 radical (unpaired) electrons. The zero-order valence-electron chi connectivity index (χ0n) is 62.9. The van der Waals surface area contributed by atoms with Crippen LogP contribution in [0.2, 0.25) is 36.3 Å². The van der Waals surface area contributed by atoms with Crippen molar-refractivity contribution in [2.45, 2.75) is 168 Å². The van der Waals surface area contributed by atoms with Crippen LogP contribution >= 0.6 is 0 Å². The monoisotopic (exact) mass is 1440 g/mol. The van der Waals surface area contributed by atoms with Gasteiger partial charge in [0.1, 0.15) is 48.0 Å². The Hall–Kier alpha value is -9.30. The third-order valence-corrected chi connectivity index (χ3v) is 30.3. The number of aliphatic hydroxyl groups excluding tert-OH is 1. The number of ketones is 4. The first-order chi connectivity index (χ1) is 49.1. The molecule has 4 heterocycles. The molecule has 22 heteroatoms. The van der Waals surface area contributed by atoms with Gasteiger partial charge in [0.2, 0.25) is 23.2 Å². The van der Waals surface area contributed by atoms with Crippen LogP contribution in [0.15, 0.2) is 160 Å². The third-order valence-electron chi connectivity index (χ3n) is 21.5. The van der Waals surface area contributed by atoms with Crippen molar-refractivity contribution in [3.05, 3.63) is 230 Å². The van der Waals surface area contributed by atoms with Crippen LogP contribution in [0.4, 0.5) is 0 Å². The third kappa shape index (κ3) is 14.5. The SMILES string of the molecule is CN(C)[C@@H]1c2onc(OCc3ccccc3)c2C(=O)[C@@]2(O[Si](C)(C)C(C)(C)C)C(=O)C=CC[C@@H]12.Cc1cc(C)c(C(=O)Oc2ccccc2)c(OCc2ccccc2)n1.Cc1cc2c(c(C)n1)C(O)=C1C(=O)[C@]3(O[Si](C)(C)C(C)(C)C)C(=O)c4c(OCc5ccccc5)noc4[C@@H](N(C)C)[C@@H]3C[C@@H]1C2. The maximum atomic E-state index is 15.2. The molecular formula is C82H96N6O14Si2. The van der Waals surface area contributed by atoms with Crippen molar-refractivity contribution in [1.82, 2.24) is 30.1 Å². The topological polar surface area (TPSA) is 245 Å². The number of aryl methyl sites for hydroxylation is 4. The minimum atomic E-state index is -2.78. The lowest BCUT2D eigenvalue weighted by Crippen LogP contribution is -2.68. The highest BCUT2D eigenvalue weighted by atomic mass is 28.4. The number of rotatable bonds is 17. The van der Waals surface area contributed by atoms with E-state index in [0.29, 0.717) is 65.8 Å². The van der Waals surface area contributed by atoms with E-state index in [2.05, 4.69) is 74.9 Å². The summed E-state index contributed by atoms with van der Waals surface area (Å²) >= 11 is 0. The second-order valence-corrected chi connectivity index (χ2v) is 40.7. The summed E-state index contributed by atoms with van der Waals surface area (Å²) in [6.45, 7) is 29.0. The van der Waals surface area contributed by atoms with Crippen LogP contribution in [0.3, 0.4) is 0 Å². The average molecular weight is 1450 g/mol. The summed E-state index contributed by atoms with van der Waals surface area (Å²) in [7, 11) is 2.34. The molecule has 5 aliphatic carbocycles. The summed E-state index contributed by atoms with van der Waals surface area (Å²) in [4.78, 5) is 83.9. The lowest BCUT2D eigenvalue weighted by Gasteiger charge is -2.55. The van der Waals surface area contributed by atoms with Crippen LogP contribution in [-0.2, 0) is 44.7 Å². The Morgan fingerprint density at radius 3 is 1.50 bits per heavy atom. The van der Waals surface area contributed by atoms with Crippen molar-refractivity contribution in [2.24, 2.45) is 17.8 Å². The van der Waals surface area contributed by atoms with Gasteiger partial charge in [-0.15, -0.1) is 0 Å². The second-order valence-electron chi connectivity index (χ2n) is 31.2. The fraction of sp³-hybridized carbons (Fsp3) is 0.402. The Morgan fingerprint density at radius 1 is 0.577 bits per heavy atom. The summed E-state index contributed by atoms with van der Waals surface area (Å²) in [5.74, 6) is -1.86. The molecule has 0 unspecified atom stereocenters. The Balaban J connectivity index is 0.000000163. The van der Waals surface area contributed by atoms with E-state index in [1.807, 2.05) is 206 Å². The van der Waals surface area contributed by atoms with Crippen LogP contribution in [-0.4, -0.2) is 120 Å². The van der Waals surface area contributed by atoms with Gasteiger partial charge in [-0.1, -0.05) is 157 Å². The normalized spacial score (nSPS) is 21.3. The van der Waals surface area contributed by atoms with Gasteiger partial charge in [0.25, 0.3) is 11.8 Å². The summed E-state index contributed by atoms with van der Waals surface area (Å²) in [6.07, 6.45) is 4.85. The van der Waals surface area contributed by atoms with Crippen LogP contribution in [0.1, 0.15) is 160 Å². The number of pyridine rings is 2. The number of nitrogens with zero attached hydrogens (tertiary/aromatic N) is 6. The molecule has 4 aromatic heterocycles. The van der Waals surface area contributed by atoms with Crippen molar-refractivity contribution < 1.29 is 65.9 Å². The number of carbonyl (C=O) groups excluding carboxylic acids is 5. The fourth-order valence-corrected chi connectivity index (χ4v) is 17.3. The summed E-state index contributed by atoms with van der Waals surface area (Å²) in [5, 5.41) is 19.7. The summed E-state index contributed by atoms with van der Waals surface area (Å²) < 4.78 is 49.0. The van der Waals surface area contributed by atoms with E-state index in [9.17, 15) is 19.5 Å². The van der Waals surface area contributed by atoms with Gasteiger partial charge in [-0.3, -0.25) is 34.0 Å². The minimum Gasteiger partial charge on any atom is -0.507 e. The molecule has 1 fully saturated rings. The number of aliphatic hydroxyl groups is 1. The first kappa shape index (κ1) is 75.9. The average Bonchev–Trinajstić information content (AvgIpc) is 1.12. The van der Waals surface area contributed by atoms with Crippen LogP contribution in [0.5, 0.6) is 23.4 Å². The van der Waals surface area contributed by atoms with Crippen LogP contribution in [0, 0.1) is 45.4 Å². The van der Waals surface area contributed by atoms with Gasteiger partial charge in [-0.25, -0.2) is 9.78 Å². The number of esters is 1. The zero-order valence-corrected chi connectivity index (χ0v) is 64.9. The van der Waals surface area contributed by atoms with E-state index in [4.69, 9.17) is 36.8 Å². The van der Waals surface area contributed by atoms with Gasteiger partial charge in [-0.05, 0) is 186 Å². The molecule has 4 aromatic carbocycles. The first-order valence-electron chi connectivity index (χ1n) is 35.4. The van der Waals surface area contributed by atoms with E-state index in [0.717, 1.165) is 39.2 Å². The lowest BCUT2D eigenvalue weighted by molar-refractivity contribution is -0.140. The van der Waals surface area contributed by atoms with Crippen LogP contribution in [0.25, 0.3) is 5.76 Å². The molecule has 1 saturated carbocycles. The molecule has 0 amide bonds. The summed E-state index contributed by atoms with van der Waals surface area (Å²) in [5.41, 5.74) is 4.88. The Labute approximate surface area is 611 Å². The number of benzene rings is 4. The standard InChI is InChI=1S/C35H43N3O6Si.C26H34N2O5Si.C21H19NO3/c1-19-15-22-16-23-17-24-28(38(6)7)30-27(33(37-43-30)42-18-21-13-11-10-12-14-21)32(41)35(24,44-45(8,9)34(3,4)5)31(40)26(23)29(39)25(22)20(2)36-19;1-25(2,3)34(6,7)33-26-18(14-11-15-19(26)29)21(28(4)5)22-20(23(26)30)24(27-32-22)31-16-17-12-9-8-10-13-17;1-15-13-16(2)22-20(24-14-17-9-5-3-6-10-17)19(15)21(23)25-18-11-7-4-8-12-18/h10-15,23-24,28,39H,16-18H2,1-9H3;8-13,15,18,21H,14,16H2,1-7H3;3-13H,14H2,1-2H3/t23-,24-,28-,35-;18-,21-,26-;/m00./s1. The molecule has 0 spiro atoms. The van der Waals surface area contributed by atoms with Crippen molar-refractivity contribution >= 4 is 51.5 Å². The molecule has 0 bridgehead atoms. The molecule has 5 aliphatic rings. The highest BCUT2D eigenvalue weighted by Crippen LogP contribution is 2.60. The van der Waals surface area contributed by atoms with Gasteiger partial charge in [0.05, 0.1) is 12.1 Å². The highest BCUT2D eigenvalue weighted by Gasteiger charge is 2.69. The molecule has 20 nitrogen and oxygen atoms in total. The number of carbonyl (C=O) groups is 5. The predicted octanol–water partition coefficient (Wildman–Crippen LogP) is 16.0. The number of aromatic nitrogens is 4. The quantitative estimate of drug-likeness (QED) is 0.0385. The molecular weight excluding hydrogens is 1350 g/mol. The maximum Gasteiger partial charge on any atom is 0.349 e. The fourth-order valence-electron chi connectivity index (χ4n) is 14.4. The van der Waals surface area contributed by atoms with Gasteiger partial charge >= 0.3 is 5.97 Å². The van der Waals surface area contributed by atoms with Crippen molar-refractivity contribution in [2.75, 3.05) is 28.2 Å². The van der Waals surface area contributed by atoms with Crippen LogP contribution < -0.4 is 18.9 Å². The molecule has 104 heavy (non-hydrogen) atoms. The van der Waals surface area contributed by atoms with Gasteiger partial charge < -0.3 is 42.0 Å². The van der Waals surface area contributed by atoms with Crippen molar-refractivity contribution in [3.8, 4) is 23.4 Å². The lowest BCUT2D eigenvalue weighted by atomic mass is 9.57. The molecule has 0 aliphatic heterocycles. The zero-order chi connectivity index (χ0) is 75.2. The van der Waals surface area contributed by atoms with E-state index in [1.54, 1.807) is 12.1 Å². The number of hydrogen-bond acceptors (Lipinski definition) is 20. The van der Waals surface area contributed by atoms with Gasteiger partial charge in [0.15, 0.2) is 45.1 Å². The molecule has 13 rings (SSSR count). The van der Waals surface area contributed by atoms with Gasteiger partial charge in [-0.2, -0.15) is 0 Å². The highest BCUT2D eigenvalue weighted by molar-refractivity contribution is 6.75. The smallest absolute Gasteiger partial charge is 0.349 e. The van der Waals surface area contributed by atoms with E-state index < -0.39 is 69.0 Å². The van der Waals surface area contributed by atoms with E-state index in [-0.39, 0.29) is 75.3 Å². The number of allylic oxidation sites excluding steroid dienone is 1. The van der Waals surface area contributed by atoms with Gasteiger partial charge in [0, 0.05) is 40.1 Å². The molecule has 8 aromatic rings. The Kier molecular flexibility index (Phi) is 21.7. The predicted molar refractivity (Wildman–Crippen MR) is 400 cm³/mol.